The van der Waals surface area contributed by atoms with E-state index >= 15 is 0 Å². The van der Waals surface area contributed by atoms with Crippen molar-refractivity contribution >= 4 is 11.6 Å². The fourth-order valence-corrected chi connectivity index (χ4v) is 2.95. The number of hydrogen-bond donors (Lipinski definition) is 1. The van der Waals surface area contributed by atoms with Gasteiger partial charge in [-0.3, -0.25) is 9.59 Å². The van der Waals surface area contributed by atoms with Gasteiger partial charge in [0.15, 0.2) is 17.8 Å². The van der Waals surface area contributed by atoms with Crippen molar-refractivity contribution in [2.75, 3.05) is 0 Å². The Morgan fingerprint density at radius 1 is 1.15 bits per heavy atom. The molecule has 4 nitrogen and oxygen atoms in total. The lowest BCUT2D eigenvalue weighted by Gasteiger charge is -2.35. The average molecular weight is 272 g/mol. The van der Waals surface area contributed by atoms with E-state index in [4.69, 9.17) is 4.74 Å². The van der Waals surface area contributed by atoms with E-state index < -0.39 is 6.29 Å². The van der Waals surface area contributed by atoms with Crippen molar-refractivity contribution in [3.8, 4) is 0 Å². The molecule has 1 unspecified atom stereocenters. The molecule has 0 saturated heterocycles. The quantitative estimate of drug-likeness (QED) is 0.852. The minimum Gasteiger partial charge on any atom is -0.461 e. The van der Waals surface area contributed by atoms with Crippen molar-refractivity contribution in [2.45, 2.75) is 26.6 Å². The molecule has 1 heterocycles. The third kappa shape index (κ3) is 1.79. The molecule has 1 aromatic carbocycles. The van der Waals surface area contributed by atoms with Gasteiger partial charge in [-0.15, -0.1) is 0 Å². The van der Waals surface area contributed by atoms with Crippen molar-refractivity contribution in [1.29, 1.82) is 0 Å². The second kappa shape index (κ2) is 4.56. The number of rotatable bonds is 1. The van der Waals surface area contributed by atoms with Crippen molar-refractivity contribution in [2.24, 2.45) is 11.8 Å². The summed E-state index contributed by atoms with van der Waals surface area (Å²) in [5, 5.41) is 9.80. The average Bonchev–Trinajstić information content (AvgIpc) is 2.43. The standard InChI is InChI=1S/C16H16O4/c1-8(2)11-7-12(17)20-16-13(11)14(18)9-5-3-4-6-10(9)15(16)19/h3-6,8,11-12,17H,7H2,1-2H3/t11-,12?/m0/s1. The predicted octanol–water partition coefficient (Wildman–Crippen LogP) is 2.33. The lowest BCUT2D eigenvalue weighted by Crippen LogP contribution is -2.37. The van der Waals surface area contributed by atoms with E-state index in [0.717, 1.165) is 0 Å². The first-order valence-corrected chi connectivity index (χ1v) is 6.78. The fourth-order valence-electron chi connectivity index (χ4n) is 2.95. The van der Waals surface area contributed by atoms with Crippen LogP contribution >= 0.6 is 0 Å². The third-order valence-electron chi connectivity index (χ3n) is 4.00. The summed E-state index contributed by atoms with van der Waals surface area (Å²) >= 11 is 0. The summed E-state index contributed by atoms with van der Waals surface area (Å²) in [5.41, 5.74) is 1.21. The number of benzene rings is 1. The summed E-state index contributed by atoms with van der Waals surface area (Å²) in [4.78, 5) is 25.1. The Labute approximate surface area is 117 Å². The number of carbonyl (C=O) groups excluding carboxylic acids is 2. The maximum atomic E-state index is 12.6. The topological polar surface area (TPSA) is 63.6 Å². The van der Waals surface area contributed by atoms with Crippen LogP contribution in [0.5, 0.6) is 0 Å². The van der Waals surface area contributed by atoms with Crippen LogP contribution < -0.4 is 0 Å². The number of aliphatic hydroxyl groups is 1. The number of aliphatic hydroxyl groups excluding tert-OH is 1. The lowest BCUT2D eigenvalue weighted by atomic mass is 9.75. The van der Waals surface area contributed by atoms with Gasteiger partial charge in [0.25, 0.3) is 0 Å². The molecule has 0 spiro atoms. The van der Waals surface area contributed by atoms with Crippen molar-refractivity contribution in [1.82, 2.24) is 0 Å². The zero-order valence-electron chi connectivity index (χ0n) is 11.4. The molecule has 2 atom stereocenters. The van der Waals surface area contributed by atoms with Crippen LogP contribution in [0, 0.1) is 11.8 Å². The molecule has 20 heavy (non-hydrogen) atoms. The minimum atomic E-state index is -1.02. The van der Waals surface area contributed by atoms with E-state index in [0.29, 0.717) is 23.1 Å². The smallest absolute Gasteiger partial charge is 0.228 e. The van der Waals surface area contributed by atoms with Gasteiger partial charge in [-0.25, -0.2) is 0 Å². The van der Waals surface area contributed by atoms with E-state index in [2.05, 4.69) is 0 Å². The summed E-state index contributed by atoms with van der Waals surface area (Å²) in [6.45, 7) is 3.96. The molecule has 1 aliphatic heterocycles. The Balaban J connectivity index is 2.19. The third-order valence-corrected chi connectivity index (χ3v) is 4.00. The zero-order chi connectivity index (χ0) is 14.4. The maximum absolute atomic E-state index is 12.6. The van der Waals surface area contributed by atoms with Crippen LogP contribution in [0.3, 0.4) is 0 Å². The highest BCUT2D eigenvalue weighted by molar-refractivity contribution is 6.26. The van der Waals surface area contributed by atoms with Crippen LogP contribution in [0.15, 0.2) is 35.6 Å². The van der Waals surface area contributed by atoms with Crippen LogP contribution in [0.25, 0.3) is 0 Å². The summed E-state index contributed by atoms with van der Waals surface area (Å²) < 4.78 is 5.27. The van der Waals surface area contributed by atoms with Gasteiger partial charge in [0, 0.05) is 23.1 Å². The monoisotopic (exact) mass is 272 g/mol. The molecule has 0 radical (unpaired) electrons. The van der Waals surface area contributed by atoms with Gasteiger partial charge in [0.1, 0.15) is 0 Å². The van der Waals surface area contributed by atoms with Crippen LogP contribution in [0.2, 0.25) is 0 Å². The molecule has 1 aliphatic carbocycles. The first-order valence-electron chi connectivity index (χ1n) is 6.78. The number of ether oxygens (including phenoxy) is 1. The molecule has 0 amide bonds. The van der Waals surface area contributed by atoms with E-state index in [1.54, 1.807) is 24.3 Å². The van der Waals surface area contributed by atoms with Gasteiger partial charge in [-0.1, -0.05) is 38.1 Å². The SMILES string of the molecule is CC(C)[C@@H]1CC(O)OC2=C1C(=O)c1ccccc1C2=O. The number of allylic oxidation sites excluding steroid dienone is 2. The molecule has 0 aromatic heterocycles. The second-order valence-corrected chi connectivity index (χ2v) is 5.61. The molecule has 104 valence electrons. The Morgan fingerprint density at radius 2 is 1.75 bits per heavy atom. The number of hydrogen-bond acceptors (Lipinski definition) is 4. The Kier molecular flexibility index (Phi) is 2.98. The molecule has 3 rings (SSSR count). The Bertz CT molecular complexity index is 627. The molecule has 1 N–H and O–H groups in total. The van der Waals surface area contributed by atoms with Gasteiger partial charge in [-0.2, -0.15) is 0 Å². The zero-order valence-corrected chi connectivity index (χ0v) is 11.4. The van der Waals surface area contributed by atoms with E-state index in [1.807, 2.05) is 13.8 Å². The maximum Gasteiger partial charge on any atom is 0.228 e. The molecule has 0 bridgehead atoms. The molecule has 4 heteroatoms. The van der Waals surface area contributed by atoms with Gasteiger partial charge < -0.3 is 9.84 Å². The van der Waals surface area contributed by atoms with Crippen LogP contribution in [0.1, 0.15) is 41.0 Å². The van der Waals surface area contributed by atoms with Gasteiger partial charge in [0.2, 0.25) is 5.78 Å². The van der Waals surface area contributed by atoms with Crippen molar-refractivity contribution < 1.29 is 19.4 Å². The van der Waals surface area contributed by atoms with Crippen molar-refractivity contribution in [3.05, 3.63) is 46.7 Å². The highest BCUT2D eigenvalue weighted by Gasteiger charge is 2.42. The van der Waals surface area contributed by atoms with Gasteiger partial charge >= 0.3 is 0 Å². The Hall–Kier alpha value is -1.94. The summed E-state index contributed by atoms with van der Waals surface area (Å²) in [7, 11) is 0. The number of Topliss-reactive ketones (excluding diaryl/α,β-unsaturated/α-hetero) is 2. The van der Waals surface area contributed by atoms with E-state index in [1.165, 1.54) is 0 Å². The van der Waals surface area contributed by atoms with Crippen LogP contribution in [0.4, 0.5) is 0 Å². The van der Waals surface area contributed by atoms with E-state index in [-0.39, 0.29) is 29.2 Å². The Morgan fingerprint density at radius 3 is 2.35 bits per heavy atom. The van der Waals surface area contributed by atoms with Crippen LogP contribution in [-0.4, -0.2) is 23.0 Å². The first-order chi connectivity index (χ1) is 9.50. The number of carbonyl (C=O) groups is 2. The normalized spacial score (nSPS) is 25.4. The lowest BCUT2D eigenvalue weighted by molar-refractivity contribution is -0.0896. The number of fused-ring (bicyclic) bond motifs is 1. The largest absolute Gasteiger partial charge is 0.461 e. The predicted molar refractivity (Wildman–Crippen MR) is 72.2 cm³/mol. The first kappa shape index (κ1) is 13.1. The summed E-state index contributed by atoms with van der Waals surface area (Å²) in [6.07, 6.45) is -0.680. The number of ketones is 2. The van der Waals surface area contributed by atoms with Gasteiger partial charge in [-0.05, 0) is 11.8 Å². The molecule has 0 saturated carbocycles. The summed E-state index contributed by atoms with van der Waals surface area (Å²) in [5.74, 6) is -0.425. The molecule has 2 aliphatic rings. The highest BCUT2D eigenvalue weighted by atomic mass is 16.6. The molecule has 0 fully saturated rings. The fraction of sp³-hybridized carbons (Fsp3) is 0.375. The highest BCUT2D eigenvalue weighted by Crippen LogP contribution is 2.40. The molecular weight excluding hydrogens is 256 g/mol. The summed E-state index contributed by atoms with van der Waals surface area (Å²) in [6, 6.07) is 6.75. The van der Waals surface area contributed by atoms with Crippen LogP contribution in [-0.2, 0) is 4.74 Å². The van der Waals surface area contributed by atoms with Crippen molar-refractivity contribution in [3.63, 3.8) is 0 Å². The van der Waals surface area contributed by atoms with E-state index in [9.17, 15) is 14.7 Å². The molecular formula is C16H16O4. The molecule has 1 aromatic rings. The van der Waals surface area contributed by atoms with Gasteiger partial charge in [0.05, 0.1) is 0 Å². The second-order valence-electron chi connectivity index (χ2n) is 5.61. The minimum absolute atomic E-state index is 0.0335.